The zero-order valence-electron chi connectivity index (χ0n) is 16.8. The van der Waals surface area contributed by atoms with Crippen molar-refractivity contribution < 1.29 is 0 Å². The van der Waals surface area contributed by atoms with Crippen molar-refractivity contribution in [1.82, 2.24) is 10.2 Å². The summed E-state index contributed by atoms with van der Waals surface area (Å²) in [5.74, 6) is 0. The molecule has 1 fully saturated rings. The summed E-state index contributed by atoms with van der Waals surface area (Å²) in [4.78, 5) is 8.63. The Morgan fingerprint density at radius 1 is 1.11 bits per heavy atom. The summed E-state index contributed by atoms with van der Waals surface area (Å²) < 4.78 is 0. The molecule has 1 unspecified atom stereocenters. The predicted octanol–water partition coefficient (Wildman–Crippen LogP) is 5.45. The molecule has 0 radical (unpaired) electrons. The van der Waals surface area contributed by atoms with Crippen molar-refractivity contribution in [1.29, 1.82) is 0 Å². The molecule has 2 aliphatic heterocycles. The SMILES string of the molecule is CCCNC(=S)c1ccc2c(c1)N(C(C)CN1CCCC1)c1ccccc1S2. The largest absolute Gasteiger partial charge is 0.376 e. The minimum absolute atomic E-state index is 0.409. The molecule has 2 aromatic carbocycles. The molecule has 0 saturated carbocycles. The number of likely N-dealkylation sites (tertiary alicyclic amines) is 1. The Labute approximate surface area is 178 Å². The van der Waals surface area contributed by atoms with E-state index in [0.29, 0.717) is 6.04 Å². The molecule has 0 spiro atoms. The van der Waals surface area contributed by atoms with E-state index in [1.165, 1.54) is 47.1 Å². The molecule has 2 aliphatic rings. The molecule has 1 atom stereocenters. The summed E-state index contributed by atoms with van der Waals surface area (Å²) in [5, 5.41) is 3.38. The molecule has 148 valence electrons. The van der Waals surface area contributed by atoms with Gasteiger partial charge in [-0.05, 0) is 63.5 Å². The third kappa shape index (κ3) is 4.07. The van der Waals surface area contributed by atoms with E-state index in [1.807, 2.05) is 11.8 Å². The second kappa shape index (κ2) is 8.85. The van der Waals surface area contributed by atoms with Crippen molar-refractivity contribution in [2.24, 2.45) is 0 Å². The van der Waals surface area contributed by atoms with Crippen molar-refractivity contribution in [2.45, 2.75) is 48.9 Å². The average Bonchev–Trinajstić information content (AvgIpc) is 3.22. The maximum atomic E-state index is 5.64. The summed E-state index contributed by atoms with van der Waals surface area (Å²) in [5.41, 5.74) is 3.71. The summed E-state index contributed by atoms with van der Waals surface area (Å²) in [6.45, 7) is 9.00. The highest BCUT2D eigenvalue weighted by atomic mass is 32.2. The third-order valence-corrected chi connectivity index (χ3v) is 7.03. The fourth-order valence-electron chi connectivity index (χ4n) is 4.16. The van der Waals surface area contributed by atoms with Crippen LogP contribution >= 0.6 is 24.0 Å². The van der Waals surface area contributed by atoms with Crippen LogP contribution in [-0.4, -0.2) is 42.1 Å². The number of rotatable bonds is 6. The third-order valence-electron chi connectivity index (χ3n) is 5.52. The van der Waals surface area contributed by atoms with Crippen LogP contribution in [0.3, 0.4) is 0 Å². The van der Waals surface area contributed by atoms with Gasteiger partial charge in [0.25, 0.3) is 0 Å². The Morgan fingerprint density at radius 3 is 2.64 bits per heavy atom. The van der Waals surface area contributed by atoms with Crippen LogP contribution in [0.25, 0.3) is 0 Å². The minimum atomic E-state index is 0.409. The first-order valence-electron chi connectivity index (χ1n) is 10.4. The highest BCUT2D eigenvalue weighted by Crippen LogP contribution is 2.49. The van der Waals surface area contributed by atoms with Crippen LogP contribution in [0.2, 0.25) is 0 Å². The first-order valence-corrected chi connectivity index (χ1v) is 11.6. The van der Waals surface area contributed by atoms with Gasteiger partial charge in [-0.2, -0.15) is 0 Å². The monoisotopic (exact) mass is 411 g/mol. The summed E-state index contributed by atoms with van der Waals surface area (Å²) in [6, 6.07) is 15.9. The van der Waals surface area contributed by atoms with E-state index in [-0.39, 0.29) is 0 Å². The number of hydrogen-bond acceptors (Lipinski definition) is 4. The maximum Gasteiger partial charge on any atom is 0.106 e. The van der Waals surface area contributed by atoms with Crippen molar-refractivity contribution in [3.8, 4) is 0 Å². The van der Waals surface area contributed by atoms with Gasteiger partial charge in [0, 0.05) is 34.5 Å². The standard InChI is InChI=1S/C23H29N3S2/c1-3-12-24-23(27)18-10-11-22-20(15-18)26(17(2)16-25-13-6-7-14-25)19-8-4-5-9-21(19)28-22/h4-5,8-11,15,17H,3,6-7,12-14,16H2,1-2H3,(H,24,27). The van der Waals surface area contributed by atoms with Gasteiger partial charge in [0.15, 0.2) is 0 Å². The fourth-order valence-corrected chi connectivity index (χ4v) is 5.44. The van der Waals surface area contributed by atoms with Gasteiger partial charge >= 0.3 is 0 Å². The topological polar surface area (TPSA) is 18.5 Å². The molecule has 0 amide bonds. The minimum Gasteiger partial charge on any atom is -0.376 e. The lowest BCUT2D eigenvalue weighted by Crippen LogP contribution is -2.40. The molecule has 2 aromatic rings. The summed E-state index contributed by atoms with van der Waals surface area (Å²) in [6.07, 6.45) is 3.74. The fraction of sp³-hybridized carbons (Fsp3) is 0.435. The summed E-state index contributed by atoms with van der Waals surface area (Å²) >= 11 is 7.51. The first-order chi connectivity index (χ1) is 13.7. The molecule has 0 aromatic heterocycles. The van der Waals surface area contributed by atoms with Crippen molar-refractivity contribution in [3.05, 3.63) is 48.0 Å². The number of fused-ring (bicyclic) bond motifs is 2. The number of para-hydroxylation sites is 1. The highest BCUT2D eigenvalue weighted by Gasteiger charge is 2.29. The van der Waals surface area contributed by atoms with Crippen molar-refractivity contribution >= 4 is 40.3 Å². The van der Waals surface area contributed by atoms with E-state index in [4.69, 9.17) is 12.2 Å². The average molecular weight is 412 g/mol. The molecule has 4 rings (SSSR count). The lowest BCUT2D eigenvalue weighted by molar-refractivity contribution is 0.319. The van der Waals surface area contributed by atoms with Crippen LogP contribution in [0.4, 0.5) is 11.4 Å². The molecule has 1 N–H and O–H groups in total. The molecule has 2 heterocycles. The van der Waals surface area contributed by atoms with Crippen LogP contribution in [0, 0.1) is 0 Å². The van der Waals surface area contributed by atoms with E-state index in [0.717, 1.165) is 30.1 Å². The van der Waals surface area contributed by atoms with E-state index in [9.17, 15) is 0 Å². The lowest BCUT2D eigenvalue weighted by Gasteiger charge is -2.39. The molecule has 0 aliphatic carbocycles. The normalized spacial score (nSPS) is 17.1. The molecular formula is C23H29N3S2. The zero-order valence-corrected chi connectivity index (χ0v) is 18.4. The van der Waals surface area contributed by atoms with Gasteiger partial charge in [0.1, 0.15) is 4.99 Å². The smallest absolute Gasteiger partial charge is 0.106 e. The Hall–Kier alpha value is -1.56. The highest BCUT2D eigenvalue weighted by molar-refractivity contribution is 7.99. The molecule has 3 nitrogen and oxygen atoms in total. The van der Waals surface area contributed by atoms with Gasteiger partial charge in [-0.15, -0.1) is 0 Å². The second-order valence-corrected chi connectivity index (χ2v) is 9.23. The Kier molecular flexibility index (Phi) is 6.24. The first kappa shape index (κ1) is 19.7. The van der Waals surface area contributed by atoms with Crippen LogP contribution in [0.15, 0.2) is 52.3 Å². The van der Waals surface area contributed by atoms with E-state index >= 15 is 0 Å². The number of thiocarbonyl (C=S) groups is 1. The number of anilines is 2. The van der Waals surface area contributed by atoms with Crippen LogP contribution in [0.1, 0.15) is 38.7 Å². The quantitative estimate of drug-likeness (QED) is 0.635. The second-order valence-electron chi connectivity index (χ2n) is 7.73. The van der Waals surface area contributed by atoms with Gasteiger partial charge in [-0.3, -0.25) is 0 Å². The van der Waals surface area contributed by atoms with E-state index in [1.54, 1.807) is 0 Å². The van der Waals surface area contributed by atoms with Gasteiger partial charge in [0.05, 0.1) is 11.4 Å². The summed E-state index contributed by atoms with van der Waals surface area (Å²) in [7, 11) is 0. The molecule has 28 heavy (non-hydrogen) atoms. The number of hydrogen-bond donors (Lipinski definition) is 1. The number of nitrogens with one attached hydrogen (secondary N) is 1. The number of nitrogens with zero attached hydrogens (tertiary/aromatic N) is 2. The van der Waals surface area contributed by atoms with Crippen LogP contribution < -0.4 is 10.2 Å². The number of benzene rings is 2. The Morgan fingerprint density at radius 2 is 1.86 bits per heavy atom. The predicted molar refractivity (Wildman–Crippen MR) is 124 cm³/mol. The Bertz CT molecular complexity index is 845. The molecule has 1 saturated heterocycles. The van der Waals surface area contributed by atoms with E-state index < -0.39 is 0 Å². The maximum absolute atomic E-state index is 5.64. The van der Waals surface area contributed by atoms with Gasteiger partial charge in [-0.1, -0.05) is 49.1 Å². The van der Waals surface area contributed by atoms with Crippen molar-refractivity contribution in [3.63, 3.8) is 0 Å². The van der Waals surface area contributed by atoms with Gasteiger partial charge < -0.3 is 15.1 Å². The lowest BCUT2D eigenvalue weighted by atomic mass is 10.1. The zero-order chi connectivity index (χ0) is 19.5. The van der Waals surface area contributed by atoms with Gasteiger partial charge in [-0.25, -0.2) is 0 Å². The van der Waals surface area contributed by atoms with E-state index in [2.05, 4.69) is 71.4 Å². The molecular weight excluding hydrogens is 382 g/mol. The molecule has 0 bridgehead atoms. The van der Waals surface area contributed by atoms with Crippen molar-refractivity contribution in [2.75, 3.05) is 31.1 Å². The Balaban J connectivity index is 1.68. The van der Waals surface area contributed by atoms with Gasteiger partial charge in [0.2, 0.25) is 0 Å². The van der Waals surface area contributed by atoms with Crippen LogP contribution in [0.5, 0.6) is 0 Å². The van der Waals surface area contributed by atoms with Crippen LogP contribution in [-0.2, 0) is 0 Å². The molecule has 5 heteroatoms.